The van der Waals surface area contributed by atoms with Crippen LogP contribution in [0.3, 0.4) is 0 Å². The summed E-state index contributed by atoms with van der Waals surface area (Å²) in [7, 11) is -4.39. The third-order valence-corrected chi connectivity index (χ3v) is 5.77. The van der Waals surface area contributed by atoms with Gasteiger partial charge in [0.25, 0.3) is 5.69 Å². The fourth-order valence-electron chi connectivity index (χ4n) is 2.87. The van der Waals surface area contributed by atoms with Crippen LogP contribution in [0, 0.1) is 10.1 Å². The molecule has 130 valence electrons. The lowest BCUT2D eigenvalue weighted by atomic mass is 10.1. The Balaban J connectivity index is 1.97. The number of sulfonamides is 1. The van der Waals surface area contributed by atoms with Gasteiger partial charge in [0, 0.05) is 12.0 Å². The summed E-state index contributed by atoms with van der Waals surface area (Å²) in [4.78, 5) is 21.4. The topological polar surface area (TPSA) is 127 Å². The van der Waals surface area contributed by atoms with Crippen molar-refractivity contribution in [3.05, 3.63) is 70.3 Å². The van der Waals surface area contributed by atoms with Crippen molar-refractivity contribution in [3.63, 3.8) is 0 Å². The lowest BCUT2D eigenvalue weighted by molar-refractivity contribution is -0.387. The molecule has 25 heavy (non-hydrogen) atoms. The molecule has 0 heterocycles. The van der Waals surface area contributed by atoms with E-state index in [1.807, 2.05) is 0 Å². The average molecular weight is 362 g/mol. The van der Waals surface area contributed by atoms with E-state index in [2.05, 4.69) is 4.72 Å². The number of nitrogens with zero attached hydrogens (tertiary/aromatic N) is 1. The Kier molecular flexibility index (Phi) is 4.05. The second kappa shape index (κ2) is 5.94. The highest BCUT2D eigenvalue weighted by atomic mass is 32.2. The molecule has 0 aromatic heterocycles. The van der Waals surface area contributed by atoms with Crippen LogP contribution in [0.15, 0.2) is 59.5 Å². The summed E-state index contributed by atoms with van der Waals surface area (Å²) in [6.07, 6.45) is 0.0756. The first kappa shape index (κ1) is 17.1. The van der Waals surface area contributed by atoms with Crippen LogP contribution in [0.1, 0.15) is 17.9 Å². The van der Waals surface area contributed by atoms with Crippen LogP contribution >= 0.6 is 0 Å². The van der Waals surface area contributed by atoms with Crippen LogP contribution in [0.2, 0.25) is 0 Å². The number of para-hydroxylation sites is 1. The van der Waals surface area contributed by atoms with Crippen molar-refractivity contribution in [1.82, 2.24) is 4.72 Å². The lowest BCUT2D eigenvalue weighted by Gasteiger charge is -2.15. The van der Waals surface area contributed by atoms with Crippen LogP contribution in [-0.2, 0) is 14.8 Å². The molecule has 1 fully saturated rings. The molecular formula is C16H14N2O6S. The zero-order valence-corrected chi connectivity index (χ0v) is 13.6. The molecule has 2 N–H and O–H groups in total. The number of nitro benzene ring substituents is 1. The second-order valence-electron chi connectivity index (χ2n) is 5.77. The van der Waals surface area contributed by atoms with Crippen LogP contribution < -0.4 is 4.72 Å². The normalized spacial score (nSPS) is 22.3. The Morgan fingerprint density at radius 3 is 2.36 bits per heavy atom. The first-order valence-corrected chi connectivity index (χ1v) is 8.82. The highest BCUT2D eigenvalue weighted by molar-refractivity contribution is 7.89. The first-order valence-electron chi connectivity index (χ1n) is 7.34. The van der Waals surface area contributed by atoms with Crippen LogP contribution in [0.4, 0.5) is 5.69 Å². The molecule has 2 aromatic carbocycles. The van der Waals surface area contributed by atoms with Crippen LogP contribution in [0.5, 0.6) is 0 Å². The van der Waals surface area contributed by atoms with Gasteiger partial charge in [-0.05, 0) is 18.1 Å². The van der Waals surface area contributed by atoms with Gasteiger partial charge in [0.05, 0.1) is 4.92 Å². The van der Waals surface area contributed by atoms with E-state index in [4.69, 9.17) is 0 Å². The molecule has 2 atom stereocenters. The van der Waals surface area contributed by atoms with Crippen molar-refractivity contribution >= 4 is 21.7 Å². The maximum Gasteiger partial charge on any atom is 0.325 e. The van der Waals surface area contributed by atoms with E-state index in [0.29, 0.717) is 5.56 Å². The average Bonchev–Trinajstić information content (AvgIpc) is 3.30. The van der Waals surface area contributed by atoms with Gasteiger partial charge in [0.2, 0.25) is 10.0 Å². The van der Waals surface area contributed by atoms with E-state index in [-0.39, 0.29) is 6.42 Å². The zero-order valence-electron chi connectivity index (χ0n) is 12.8. The number of carbonyl (C=O) groups is 1. The molecule has 9 heteroatoms. The van der Waals surface area contributed by atoms with Gasteiger partial charge in [0.1, 0.15) is 5.54 Å². The third kappa shape index (κ3) is 2.99. The Bertz CT molecular complexity index is 944. The number of aliphatic carboxylic acids is 1. The minimum atomic E-state index is -4.39. The third-order valence-electron chi connectivity index (χ3n) is 4.21. The highest BCUT2D eigenvalue weighted by Crippen LogP contribution is 2.52. The summed E-state index contributed by atoms with van der Waals surface area (Å²) in [5.74, 6) is -1.85. The highest BCUT2D eigenvalue weighted by Gasteiger charge is 2.63. The van der Waals surface area contributed by atoms with E-state index >= 15 is 0 Å². The maximum atomic E-state index is 12.6. The molecule has 2 aromatic rings. The smallest absolute Gasteiger partial charge is 0.325 e. The number of carboxylic acids is 1. The van der Waals surface area contributed by atoms with Crippen molar-refractivity contribution < 1.29 is 23.2 Å². The monoisotopic (exact) mass is 362 g/mol. The molecule has 0 saturated heterocycles. The van der Waals surface area contributed by atoms with Crippen molar-refractivity contribution in [1.29, 1.82) is 0 Å². The SMILES string of the molecule is O=C(O)C1(NS(=O)(=O)c2ccccc2[N+](=O)[O-])CC1c1ccccc1. The Morgan fingerprint density at radius 2 is 1.76 bits per heavy atom. The number of benzene rings is 2. The van der Waals surface area contributed by atoms with E-state index in [1.54, 1.807) is 30.3 Å². The molecule has 1 aliphatic rings. The van der Waals surface area contributed by atoms with Gasteiger partial charge in [0.15, 0.2) is 4.90 Å². The number of hydrogen-bond donors (Lipinski definition) is 2. The molecule has 0 spiro atoms. The standard InChI is InChI=1S/C16H14N2O6S/c19-15(20)16(10-12(16)11-6-2-1-3-7-11)17-25(23,24)14-9-5-4-8-13(14)18(21)22/h1-9,12,17H,10H2,(H,19,20). The van der Waals surface area contributed by atoms with Gasteiger partial charge in [-0.1, -0.05) is 42.5 Å². The fourth-order valence-corrected chi connectivity index (χ4v) is 4.45. The summed E-state index contributed by atoms with van der Waals surface area (Å²) < 4.78 is 27.4. The molecule has 3 rings (SSSR count). The molecule has 1 saturated carbocycles. The molecule has 1 aliphatic carbocycles. The first-order chi connectivity index (χ1) is 11.8. The van der Waals surface area contributed by atoms with Crippen molar-refractivity contribution in [2.75, 3.05) is 0 Å². The van der Waals surface area contributed by atoms with Gasteiger partial charge < -0.3 is 5.11 Å². The molecular weight excluding hydrogens is 348 g/mol. The number of carboxylic acid groups (broad SMARTS) is 1. The zero-order chi connectivity index (χ0) is 18.2. The number of rotatable bonds is 6. The lowest BCUT2D eigenvalue weighted by Crippen LogP contribution is -2.44. The van der Waals surface area contributed by atoms with Crippen molar-refractivity contribution in [3.8, 4) is 0 Å². The molecule has 0 aliphatic heterocycles. The van der Waals surface area contributed by atoms with E-state index in [1.165, 1.54) is 12.1 Å². The minimum Gasteiger partial charge on any atom is -0.480 e. The number of nitro groups is 1. The molecule has 0 amide bonds. The summed E-state index contributed by atoms with van der Waals surface area (Å²) in [6, 6.07) is 13.5. The summed E-state index contributed by atoms with van der Waals surface area (Å²) in [5.41, 5.74) is -1.62. The van der Waals surface area contributed by atoms with Crippen molar-refractivity contribution in [2.45, 2.75) is 22.8 Å². The van der Waals surface area contributed by atoms with Gasteiger partial charge >= 0.3 is 5.97 Å². The predicted octanol–water partition coefficient (Wildman–Crippen LogP) is 1.88. The fraction of sp³-hybridized carbons (Fsp3) is 0.188. The van der Waals surface area contributed by atoms with Gasteiger partial charge in [-0.15, -0.1) is 0 Å². The summed E-state index contributed by atoms with van der Waals surface area (Å²) in [6.45, 7) is 0. The molecule has 8 nitrogen and oxygen atoms in total. The van der Waals surface area contributed by atoms with E-state index < -0.39 is 43.0 Å². The largest absolute Gasteiger partial charge is 0.480 e. The van der Waals surface area contributed by atoms with E-state index in [0.717, 1.165) is 12.1 Å². The predicted molar refractivity (Wildman–Crippen MR) is 87.6 cm³/mol. The number of nitrogens with one attached hydrogen (secondary N) is 1. The van der Waals surface area contributed by atoms with E-state index in [9.17, 15) is 28.4 Å². The van der Waals surface area contributed by atoms with Crippen LogP contribution in [0.25, 0.3) is 0 Å². The minimum absolute atomic E-state index is 0.0756. The molecule has 0 radical (unpaired) electrons. The summed E-state index contributed by atoms with van der Waals surface area (Å²) in [5, 5.41) is 20.6. The number of hydrogen-bond acceptors (Lipinski definition) is 5. The van der Waals surface area contributed by atoms with Gasteiger partial charge in [-0.3, -0.25) is 14.9 Å². The second-order valence-corrected chi connectivity index (χ2v) is 7.43. The van der Waals surface area contributed by atoms with Crippen molar-refractivity contribution in [2.24, 2.45) is 0 Å². The Morgan fingerprint density at radius 1 is 1.16 bits per heavy atom. The quantitative estimate of drug-likeness (QED) is 0.597. The molecule has 0 bridgehead atoms. The Hall–Kier alpha value is -2.78. The van der Waals surface area contributed by atoms with Gasteiger partial charge in [-0.2, -0.15) is 4.72 Å². The summed E-state index contributed by atoms with van der Waals surface area (Å²) >= 11 is 0. The molecule has 2 unspecified atom stereocenters. The maximum absolute atomic E-state index is 12.6. The Labute approximate surface area is 143 Å². The van der Waals surface area contributed by atoms with Gasteiger partial charge in [-0.25, -0.2) is 8.42 Å². The van der Waals surface area contributed by atoms with Crippen LogP contribution in [-0.4, -0.2) is 30.0 Å².